The van der Waals surface area contributed by atoms with Crippen molar-refractivity contribution in [3.63, 3.8) is 0 Å². The van der Waals surface area contributed by atoms with Crippen molar-refractivity contribution in [2.24, 2.45) is 5.92 Å². The van der Waals surface area contributed by atoms with Crippen LogP contribution >= 0.6 is 11.6 Å². The molecular weight excluding hydrogens is 320 g/mol. The van der Waals surface area contributed by atoms with Crippen molar-refractivity contribution in [3.05, 3.63) is 28.8 Å². The van der Waals surface area contributed by atoms with Crippen LogP contribution in [-0.2, 0) is 10.0 Å². The van der Waals surface area contributed by atoms with E-state index in [0.717, 1.165) is 32.1 Å². The van der Waals surface area contributed by atoms with Gasteiger partial charge >= 0.3 is 0 Å². The van der Waals surface area contributed by atoms with Crippen molar-refractivity contribution >= 4 is 21.6 Å². The number of sulfonamides is 1. The lowest BCUT2D eigenvalue weighted by Gasteiger charge is -2.43. The molecule has 0 aromatic heterocycles. The van der Waals surface area contributed by atoms with Crippen LogP contribution in [0, 0.1) is 17.2 Å². The van der Waals surface area contributed by atoms with Crippen molar-refractivity contribution in [1.29, 1.82) is 5.26 Å². The number of piperidine rings is 1. The molecule has 4 nitrogen and oxygen atoms in total. The van der Waals surface area contributed by atoms with Gasteiger partial charge in [-0.3, -0.25) is 0 Å². The standard InChI is InChI=1S/C16H19ClN2O2S/c17-15-10-14(8-7-13(15)11-18)22(20,21)19-9-3-5-12-4-1-2-6-16(12)19/h7-8,10,12,16H,1-6,9H2. The van der Waals surface area contributed by atoms with Crippen molar-refractivity contribution < 1.29 is 8.42 Å². The van der Waals surface area contributed by atoms with Crippen LogP contribution < -0.4 is 0 Å². The Hall–Kier alpha value is -1.09. The molecule has 0 radical (unpaired) electrons. The van der Waals surface area contributed by atoms with Gasteiger partial charge in [-0.2, -0.15) is 9.57 Å². The highest BCUT2D eigenvalue weighted by Crippen LogP contribution is 2.38. The first-order valence-corrected chi connectivity index (χ1v) is 9.57. The van der Waals surface area contributed by atoms with Crippen molar-refractivity contribution in [2.45, 2.75) is 49.5 Å². The topological polar surface area (TPSA) is 61.2 Å². The number of nitriles is 1. The molecule has 1 aliphatic carbocycles. The minimum absolute atomic E-state index is 0.127. The molecule has 1 aromatic carbocycles. The lowest BCUT2D eigenvalue weighted by atomic mass is 9.79. The van der Waals surface area contributed by atoms with E-state index in [1.54, 1.807) is 4.31 Å². The van der Waals surface area contributed by atoms with Crippen LogP contribution in [0.25, 0.3) is 0 Å². The highest BCUT2D eigenvalue weighted by Gasteiger charge is 2.39. The molecule has 0 N–H and O–H groups in total. The van der Waals surface area contributed by atoms with Gasteiger partial charge in [0.15, 0.2) is 0 Å². The van der Waals surface area contributed by atoms with Gasteiger partial charge in [-0.25, -0.2) is 8.42 Å². The average molecular weight is 339 g/mol. The normalized spacial score (nSPS) is 26.2. The van der Waals surface area contributed by atoms with Crippen LogP contribution in [0.15, 0.2) is 23.1 Å². The maximum atomic E-state index is 13.0. The molecule has 3 rings (SSSR count). The summed E-state index contributed by atoms with van der Waals surface area (Å²) in [6.07, 6.45) is 6.44. The predicted molar refractivity (Wildman–Crippen MR) is 85.0 cm³/mol. The van der Waals surface area contributed by atoms with E-state index in [0.29, 0.717) is 18.0 Å². The maximum absolute atomic E-state index is 13.0. The molecule has 2 fully saturated rings. The van der Waals surface area contributed by atoms with Gasteiger partial charge in [0.05, 0.1) is 15.5 Å². The molecular formula is C16H19ClN2O2S. The van der Waals surface area contributed by atoms with E-state index in [4.69, 9.17) is 16.9 Å². The maximum Gasteiger partial charge on any atom is 0.243 e. The SMILES string of the molecule is N#Cc1ccc(S(=O)(=O)N2CCCC3CCCCC32)cc1Cl. The molecule has 2 aliphatic rings. The highest BCUT2D eigenvalue weighted by molar-refractivity contribution is 7.89. The second kappa shape index (κ2) is 6.19. The number of rotatable bonds is 2. The van der Waals surface area contributed by atoms with Gasteiger partial charge in [0.1, 0.15) is 6.07 Å². The Morgan fingerprint density at radius 2 is 1.91 bits per heavy atom. The summed E-state index contributed by atoms with van der Waals surface area (Å²) in [7, 11) is -3.54. The Bertz CT molecular complexity index is 709. The van der Waals surface area contributed by atoms with Gasteiger partial charge in [-0.15, -0.1) is 0 Å². The summed E-state index contributed by atoms with van der Waals surface area (Å²) in [5.41, 5.74) is 0.301. The van der Waals surface area contributed by atoms with Crippen molar-refractivity contribution in [1.82, 2.24) is 4.31 Å². The largest absolute Gasteiger partial charge is 0.243 e. The Morgan fingerprint density at radius 1 is 1.18 bits per heavy atom. The van der Waals surface area contributed by atoms with Gasteiger partial charge in [-0.1, -0.05) is 24.4 Å². The molecule has 0 bridgehead atoms. The number of benzene rings is 1. The minimum Gasteiger partial charge on any atom is -0.207 e. The van der Waals surface area contributed by atoms with Crippen LogP contribution in [0.3, 0.4) is 0 Å². The summed E-state index contributed by atoms with van der Waals surface area (Å²) >= 11 is 6.01. The van der Waals surface area contributed by atoms with E-state index < -0.39 is 10.0 Å². The van der Waals surface area contributed by atoms with Crippen molar-refractivity contribution in [3.8, 4) is 6.07 Å². The van der Waals surface area contributed by atoms with E-state index in [1.165, 1.54) is 24.6 Å². The lowest BCUT2D eigenvalue weighted by molar-refractivity contribution is 0.129. The molecule has 1 heterocycles. The summed E-state index contributed by atoms with van der Waals surface area (Å²) in [6.45, 7) is 0.584. The van der Waals surface area contributed by atoms with E-state index >= 15 is 0 Å². The van der Waals surface area contributed by atoms with Gasteiger partial charge in [0.25, 0.3) is 0 Å². The van der Waals surface area contributed by atoms with Crippen LogP contribution in [0.1, 0.15) is 44.1 Å². The Morgan fingerprint density at radius 3 is 2.64 bits per heavy atom. The third-order valence-electron chi connectivity index (χ3n) is 4.86. The Labute approximate surface area is 136 Å². The second-order valence-electron chi connectivity index (χ2n) is 6.12. The highest BCUT2D eigenvalue weighted by atomic mass is 35.5. The predicted octanol–water partition coefficient (Wildman–Crippen LogP) is 3.55. The molecule has 1 saturated carbocycles. The van der Waals surface area contributed by atoms with Crippen LogP contribution in [0.5, 0.6) is 0 Å². The second-order valence-corrected chi connectivity index (χ2v) is 8.42. The number of fused-ring (bicyclic) bond motifs is 1. The molecule has 1 saturated heterocycles. The summed E-state index contributed by atoms with van der Waals surface area (Å²) in [5, 5.41) is 9.12. The monoisotopic (exact) mass is 338 g/mol. The molecule has 6 heteroatoms. The van der Waals surface area contributed by atoms with E-state index in [9.17, 15) is 8.42 Å². The fourth-order valence-electron chi connectivity index (χ4n) is 3.76. The quantitative estimate of drug-likeness (QED) is 0.828. The zero-order valence-electron chi connectivity index (χ0n) is 12.3. The fraction of sp³-hybridized carbons (Fsp3) is 0.562. The zero-order chi connectivity index (χ0) is 15.7. The Kier molecular flexibility index (Phi) is 4.44. The summed E-state index contributed by atoms with van der Waals surface area (Å²) in [4.78, 5) is 0.197. The summed E-state index contributed by atoms with van der Waals surface area (Å²) in [6, 6.07) is 6.47. The first-order valence-electron chi connectivity index (χ1n) is 7.75. The third-order valence-corrected chi connectivity index (χ3v) is 7.09. The molecule has 1 aromatic rings. The summed E-state index contributed by atoms with van der Waals surface area (Å²) < 4.78 is 27.6. The van der Waals surface area contributed by atoms with E-state index in [1.807, 2.05) is 6.07 Å². The summed E-state index contributed by atoms with van der Waals surface area (Å²) in [5.74, 6) is 0.492. The number of hydrogen-bond acceptors (Lipinski definition) is 3. The van der Waals surface area contributed by atoms with Gasteiger partial charge in [0, 0.05) is 12.6 Å². The first-order chi connectivity index (χ1) is 10.5. The van der Waals surface area contributed by atoms with Crippen LogP contribution in [0.4, 0.5) is 0 Å². The average Bonchev–Trinajstić information content (AvgIpc) is 2.54. The number of nitrogens with zero attached hydrogens (tertiary/aromatic N) is 2. The van der Waals surface area contributed by atoms with Crippen LogP contribution in [0.2, 0.25) is 5.02 Å². The number of hydrogen-bond donors (Lipinski definition) is 0. The lowest BCUT2D eigenvalue weighted by Crippen LogP contribution is -2.49. The zero-order valence-corrected chi connectivity index (χ0v) is 13.9. The molecule has 0 amide bonds. The first kappa shape index (κ1) is 15.8. The van der Waals surface area contributed by atoms with Crippen LogP contribution in [-0.4, -0.2) is 25.3 Å². The van der Waals surface area contributed by atoms with Gasteiger partial charge in [0.2, 0.25) is 10.0 Å². The number of halogens is 1. The van der Waals surface area contributed by atoms with Crippen molar-refractivity contribution in [2.75, 3.05) is 6.54 Å². The van der Waals surface area contributed by atoms with E-state index in [-0.39, 0.29) is 16.0 Å². The minimum atomic E-state index is -3.54. The molecule has 118 valence electrons. The Balaban J connectivity index is 1.95. The molecule has 22 heavy (non-hydrogen) atoms. The van der Waals surface area contributed by atoms with Gasteiger partial charge in [-0.05, 0) is 49.8 Å². The molecule has 1 aliphatic heterocycles. The third kappa shape index (κ3) is 2.76. The molecule has 2 atom stereocenters. The van der Waals surface area contributed by atoms with E-state index in [2.05, 4.69) is 0 Å². The smallest absolute Gasteiger partial charge is 0.207 e. The molecule has 2 unspecified atom stereocenters. The molecule has 0 spiro atoms. The van der Waals surface area contributed by atoms with Gasteiger partial charge < -0.3 is 0 Å². The fourth-order valence-corrected chi connectivity index (χ4v) is 5.83.